The first kappa shape index (κ1) is 13.4. The van der Waals surface area contributed by atoms with Gasteiger partial charge in [-0.25, -0.2) is 19.8 Å². The average molecular weight is 262 g/mol. The second-order valence-electron chi connectivity index (χ2n) is 4.10. The number of benzene rings is 1. The minimum Gasteiger partial charge on any atom is -0.496 e. The minimum absolute atomic E-state index is 0.372. The van der Waals surface area contributed by atoms with Crippen LogP contribution in [0.5, 0.6) is 5.75 Å². The van der Waals surface area contributed by atoms with Gasteiger partial charge in [0.2, 0.25) is 0 Å². The molecule has 0 saturated carbocycles. The Kier molecular flexibility index (Phi) is 4.03. The van der Waals surface area contributed by atoms with Gasteiger partial charge < -0.3 is 4.74 Å². The first-order valence-electron chi connectivity index (χ1n) is 5.74. The lowest BCUT2D eigenvalue weighted by Crippen LogP contribution is -2.30. The summed E-state index contributed by atoms with van der Waals surface area (Å²) in [5, 5.41) is 0. The molecule has 1 aromatic heterocycles. The molecule has 1 atom stereocenters. The molecule has 2 aromatic rings. The number of halogens is 1. The van der Waals surface area contributed by atoms with Gasteiger partial charge in [0.15, 0.2) is 5.82 Å². The van der Waals surface area contributed by atoms with Crippen molar-refractivity contribution < 1.29 is 9.13 Å². The summed E-state index contributed by atoms with van der Waals surface area (Å²) in [5.41, 5.74) is 4.07. The van der Waals surface area contributed by atoms with E-state index >= 15 is 0 Å². The summed E-state index contributed by atoms with van der Waals surface area (Å²) in [7, 11) is 1.51. The van der Waals surface area contributed by atoms with E-state index in [0.717, 1.165) is 5.56 Å². The average Bonchev–Trinajstić information content (AvgIpc) is 2.42. The summed E-state index contributed by atoms with van der Waals surface area (Å²) in [6.07, 6.45) is 3.36. The highest BCUT2D eigenvalue weighted by Gasteiger charge is 2.20. The molecule has 0 radical (unpaired) electrons. The molecule has 0 amide bonds. The molecule has 2 rings (SSSR count). The van der Waals surface area contributed by atoms with E-state index in [0.29, 0.717) is 17.1 Å². The Morgan fingerprint density at radius 1 is 1.32 bits per heavy atom. The van der Waals surface area contributed by atoms with Gasteiger partial charge in [0.25, 0.3) is 0 Å². The third kappa shape index (κ3) is 2.86. The van der Waals surface area contributed by atoms with Crippen LogP contribution in [0, 0.1) is 12.7 Å². The largest absolute Gasteiger partial charge is 0.496 e. The van der Waals surface area contributed by atoms with Crippen molar-refractivity contribution in [1.29, 1.82) is 0 Å². The van der Waals surface area contributed by atoms with Crippen LogP contribution in [0.1, 0.15) is 23.0 Å². The highest BCUT2D eigenvalue weighted by molar-refractivity contribution is 5.39. The predicted molar refractivity (Wildman–Crippen MR) is 68.9 cm³/mol. The third-order valence-corrected chi connectivity index (χ3v) is 2.73. The summed E-state index contributed by atoms with van der Waals surface area (Å²) in [5.74, 6) is 6.15. The molecular weight excluding hydrogens is 247 g/mol. The fourth-order valence-corrected chi connectivity index (χ4v) is 1.79. The van der Waals surface area contributed by atoms with Crippen molar-refractivity contribution in [2.24, 2.45) is 5.84 Å². The maximum atomic E-state index is 13.4. The predicted octanol–water partition coefficient (Wildman–Crippen LogP) is 1.49. The molecular formula is C13H15FN4O. The number of rotatable bonds is 4. The SMILES string of the molecule is COc1ccc(F)cc1C(NN)c1ncc(C)cn1. The summed E-state index contributed by atoms with van der Waals surface area (Å²) < 4.78 is 18.6. The fraction of sp³-hybridized carbons (Fsp3) is 0.231. The number of hydrogen-bond donors (Lipinski definition) is 2. The number of ether oxygens (including phenoxy) is 1. The second-order valence-corrected chi connectivity index (χ2v) is 4.10. The van der Waals surface area contributed by atoms with Gasteiger partial charge in [0.1, 0.15) is 17.6 Å². The van der Waals surface area contributed by atoms with E-state index in [1.807, 2.05) is 6.92 Å². The molecule has 1 heterocycles. The van der Waals surface area contributed by atoms with E-state index in [1.165, 1.54) is 19.2 Å². The number of hydrazine groups is 1. The zero-order chi connectivity index (χ0) is 13.8. The van der Waals surface area contributed by atoms with Gasteiger partial charge in [0, 0.05) is 18.0 Å². The standard InChI is InChI=1S/C13H15FN4O/c1-8-6-16-13(17-7-8)12(18-15)10-5-9(14)3-4-11(10)19-2/h3-7,12,18H,15H2,1-2H3. The summed E-state index contributed by atoms with van der Waals surface area (Å²) in [6, 6.07) is 3.69. The molecule has 100 valence electrons. The van der Waals surface area contributed by atoms with Crippen LogP contribution >= 0.6 is 0 Å². The van der Waals surface area contributed by atoms with Crippen molar-refractivity contribution in [2.45, 2.75) is 13.0 Å². The molecule has 0 aliphatic carbocycles. The van der Waals surface area contributed by atoms with Gasteiger partial charge in [-0.15, -0.1) is 0 Å². The van der Waals surface area contributed by atoms with Crippen LogP contribution in [0.3, 0.4) is 0 Å². The number of aryl methyl sites for hydroxylation is 1. The van der Waals surface area contributed by atoms with Gasteiger partial charge in [-0.05, 0) is 30.7 Å². The van der Waals surface area contributed by atoms with Crippen LogP contribution in [0.4, 0.5) is 4.39 Å². The van der Waals surface area contributed by atoms with Crippen molar-refractivity contribution in [2.75, 3.05) is 7.11 Å². The first-order valence-corrected chi connectivity index (χ1v) is 5.74. The van der Waals surface area contributed by atoms with Crippen LogP contribution in [0.15, 0.2) is 30.6 Å². The van der Waals surface area contributed by atoms with Gasteiger partial charge in [-0.3, -0.25) is 5.84 Å². The molecule has 6 heteroatoms. The van der Waals surface area contributed by atoms with Gasteiger partial charge in [0.05, 0.1) is 7.11 Å². The molecule has 0 saturated heterocycles. The molecule has 19 heavy (non-hydrogen) atoms. The maximum absolute atomic E-state index is 13.4. The topological polar surface area (TPSA) is 73.1 Å². The normalized spacial score (nSPS) is 12.2. The molecule has 0 fully saturated rings. The van der Waals surface area contributed by atoms with Gasteiger partial charge in [-0.2, -0.15) is 0 Å². The van der Waals surface area contributed by atoms with Crippen LogP contribution in [-0.2, 0) is 0 Å². The van der Waals surface area contributed by atoms with Crippen LogP contribution in [0.25, 0.3) is 0 Å². The third-order valence-electron chi connectivity index (χ3n) is 2.73. The number of nitrogens with one attached hydrogen (secondary N) is 1. The molecule has 3 N–H and O–H groups in total. The van der Waals surface area contributed by atoms with Crippen LogP contribution < -0.4 is 16.0 Å². The van der Waals surface area contributed by atoms with Crippen molar-refractivity contribution in [3.63, 3.8) is 0 Å². The number of nitrogens with two attached hydrogens (primary N) is 1. The summed E-state index contributed by atoms with van der Waals surface area (Å²) in [4.78, 5) is 8.40. The van der Waals surface area contributed by atoms with Crippen molar-refractivity contribution >= 4 is 0 Å². The van der Waals surface area contributed by atoms with Crippen molar-refractivity contribution in [1.82, 2.24) is 15.4 Å². The molecule has 0 bridgehead atoms. The molecule has 1 unspecified atom stereocenters. The zero-order valence-electron chi connectivity index (χ0n) is 10.7. The summed E-state index contributed by atoms with van der Waals surface area (Å²) >= 11 is 0. The Morgan fingerprint density at radius 2 is 2.00 bits per heavy atom. The monoisotopic (exact) mass is 262 g/mol. The number of methoxy groups -OCH3 is 1. The highest BCUT2D eigenvalue weighted by atomic mass is 19.1. The number of aromatic nitrogens is 2. The van der Waals surface area contributed by atoms with E-state index in [9.17, 15) is 4.39 Å². The Bertz CT molecular complexity index is 559. The first-order chi connectivity index (χ1) is 9.15. The van der Waals surface area contributed by atoms with E-state index < -0.39 is 6.04 Å². The second kappa shape index (κ2) is 5.73. The Morgan fingerprint density at radius 3 is 2.58 bits per heavy atom. The van der Waals surface area contributed by atoms with Crippen LogP contribution in [0.2, 0.25) is 0 Å². The molecule has 0 aliphatic heterocycles. The van der Waals surface area contributed by atoms with Gasteiger partial charge in [-0.1, -0.05) is 0 Å². The Balaban J connectivity index is 2.47. The lowest BCUT2D eigenvalue weighted by Gasteiger charge is -2.17. The van der Waals surface area contributed by atoms with E-state index in [1.54, 1.807) is 18.5 Å². The van der Waals surface area contributed by atoms with E-state index in [2.05, 4.69) is 15.4 Å². The number of hydrogen-bond acceptors (Lipinski definition) is 5. The molecule has 5 nitrogen and oxygen atoms in total. The maximum Gasteiger partial charge on any atom is 0.151 e. The molecule has 1 aromatic carbocycles. The number of nitrogens with zero attached hydrogens (tertiary/aromatic N) is 2. The smallest absolute Gasteiger partial charge is 0.151 e. The Hall–Kier alpha value is -2.05. The lowest BCUT2D eigenvalue weighted by molar-refractivity contribution is 0.401. The summed E-state index contributed by atoms with van der Waals surface area (Å²) in [6.45, 7) is 1.89. The van der Waals surface area contributed by atoms with Crippen molar-refractivity contribution in [3.05, 3.63) is 53.4 Å². The fourth-order valence-electron chi connectivity index (χ4n) is 1.79. The quantitative estimate of drug-likeness (QED) is 0.645. The van der Waals surface area contributed by atoms with E-state index in [4.69, 9.17) is 10.6 Å². The lowest BCUT2D eigenvalue weighted by atomic mass is 10.1. The highest BCUT2D eigenvalue weighted by Crippen LogP contribution is 2.28. The van der Waals surface area contributed by atoms with Crippen LogP contribution in [-0.4, -0.2) is 17.1 Å². The van der Waals surface area contributed by atoms with Gasteiger partial charge >= 0.3 is 0 Å². The molecule has 0 aliphatic rings. The Labute approximate surface area is 110 Å². The minimum atomic E-state index is -0.536. The van der Waals surface area contributed by atoms with Crippen molar-refractivity contribution in [3.8, 4) is 5.75 Å². The zero-order valence-corrected chi connectivity index (χ0v) is 10.7. The van der Waals surface area contributed by atoms with E-state index in [-0.39, 0.29) is 5.82 Å². The molecule has 0 spiro atoms.